The molecule has 0 bridgehead atoms. The summed E-state index contributed by atoms with van der Waals surface area (Å²) >= 11 is 7.60. The first kappa shape index (κ1) is 18.4. The second kappa shape index (κ2) is 8.18. The molecule has 0 aromatic carbocycles. The molecule has 0 aliphatic carbocycles. The largest absolute Gasteiger partial charge is 1.00 e. The van der Waals surface area contributed by atoms with Crippen LogP contribution in [0.5, 0.6) is 0 Å². The molecule has 4 nitrogen and oxygen atoms in total. The predicted octanol–water partition coefficient (Wildman–Crippen LogP) is -3.26. The molecule has 0 aromatic heterocycles. The third-order valence-corrected chi connectivity index (χ3v) is 1.90. The summed E-state index contributed by atoms with van der Waals surface area (Å²) in [6.07, 6.45) is 0.255. The van der Waals surface area contributed by atoms with Crippen LogP contribution in [-0.4, -0.2) is 28.8 Å². The van der Waals surface area contributed by atoms with Crippen LogP contribution in [0.4, 0.5) is 0 Å². The molecule has 0 radical (unpaired) electrons. The Morgan fingerprint density at radius 1 is 1.45 bits per heavy atom. The Bertz CT molecular complexity index is 170. The normalized spacial score (nSPS) is 10.2. The fourth-order valence-corrected chi connectivity index (χ4v) is 1.40. The summed E-state index contributed by atoms with van der Waals surface area (Å²) < 4.78 is 27.9. The first-order valence-electron chi connectivity index (χ1n) is 2.23. The van der Waals surface area contributed by atoms with Gasteiger partial charge in [-0.1, -0.05) is 0 Å². The summed E-state index contributed by atoms with van der Waals surface area (Å²) in [6, 6.07) is 0. The van der Waals surface area contributed by atoms with Crippen LogP contribution in [0, 0.1) is 0 Å². The van der Waals surface area contributed by atoms with Gasteiger partial charge in [-0.15, -0.1) is 0 Å². The fraction of sp³-hybridized carbons (Fsp3) is 1.00. The number of rotatable bonds is 3. The molecule has 0 heterocycles. The van der Waals surface area contributed by atoms with Gasteiger partial charge in [0.1, 0.15) is 0 Å². The van der Waals surface area contributed by atoms with Crippen molar-refractivity contribution in [3.8, 4) is 0 Å². The van der Waals surface area contributed by atoms with Crippen molar-refractivity contribution < 1.29 is 49.4 Å². The van der Waals surface area contributed by atoms with Gasteiger partial charge in [-0.3, -0.25) is 4.55 Å². The van der Waals surface area contributed by atoms with Gasteiger partial charge in [0.25, 0.3) is 10.1 Å². The van der Waals surface area contributed by atoms with Gasteiger partial charge < -0.3 is 6.90 Å². The minimum absolute atomic E-state index is 0. The molecule has 0 amide bonds. The number of thiol groups is 2. The molecule has 0 saturated carbocycles. The second-order valence-corrected chi connectivity index (χ2v) is 4.78. The molecular weight excluding hydrogens is 219 g/mol. The minimum atomic E-state index is -3.82. The van der Waals surface area contributed by atoms with Crippen LogP contribution >= 0.6 is 25.3 Å². The van der Waals surface area contributed by atoms with Crippen molar-refractivity contribution in [2.75, 3.05) is 5.75 Å². The zero-order chi connectivity index (χ0) is 7.49. The third kappa shape index (κ3) is 18.5. The molecule has 66 valence electrons. The molecule has 0 fully saturated rings. The Hall–Kier alpha value is 1.57. The van der Waals surface area contributed by atoms with Gasteiger partial charge in [0.2, 0.25) is 0 Å². The van der Waals surface area contributed by atoms with Gasteiger partial charge in [-0.25, -0.2) is 0 Å². The van der Waals surface area contributed by atoms with E-state index in [0.717, 1.165) is 0 Å². The molecule has 0 aliphatic heterocycles. The molecule has 0 rings (SSSR count). The standard InChI is InChI=1S/C3H8O3S3.Na.H2O.H/c4-9(5,6)2-1-3(7)8;;;/h3,7-8H,1-2H2,(H,4,5,6);;1H2;/q;+1;;-1. The Kier molecular flexibility index (Phi) is 13.7. The molecule has 0 unspecified atom stereocenters. The van der Waals surface area contributed by atoms with E-state index in [-0.39, 0.29) is 53.2 Å². The van der Waals surface area contributed by atoms with E-state index in [2.05, 4.69) is 25.3 Å². The fourth-order valence-electron chi connectivity index (χ4n) is 0.254. The van der Waals surface area contributed by atoms with Crippen molar-refractivity contribution in [2.24, 2.45) is 0 Å². The first-order valence-corrected chi connectivity index (χ1v) is 4.87. The molecule has 0 aliphatic rings. The van der Waals surface area contributed by atoms with Crippen LogP contribution < -0.4 is 29.6 Å². The maximum absolute atomic E-state index is 10.0. The Morgan fingerprint density at radius 3 is 1.91 bits per heavy atom. The quantitative estimate of drug-likeness (QED) is 0.206. The van der Waals surface area contributed by atoms with Gasteiger partial charge in [-0.2, -0.15) is 33.7 Å². The Morgan fingerprint density at radius 2 is 1.82 bits per heavy atom. The predicted molar refractivity (Wildman–Crippen MR) is 47.5 cm³/mol. The number of hydrogen-bond donors (Lipinski definition) is 3. The van der Waals surface area contributed by atoms with E-state index in [1.807, 2.05) is 0 Å². The van der Waals surface area contributed by atoms with Crippen LogP contribution in [0.3, 0.4) is 0 Å². The zero-order valence-electron chi connectivity index (χ0n) is 7.06. The molecule has 0 saturated heterocycles. The molecule has 0 atom stereocenters. The molecule has 0 spiro atoms. The topological polar surface area (TPSA) is 85.9 Å². The van der Waals surface area contributed by atoms with Crippen molar-refractivity contribution in [1.82, 2.24) is 0 Å². The maximum Gasteiger partial charge on any atom is 1.00 e. The second-order valence-electron chi connectivity index (χ2n) is 1.56. The average Bonchev–Trinajstić information content (AvgIpc) is 1.59. The molecule has 0 aromatic rings. The van der Waals surface area contributed by atoms with Crippen molar-refractivity contribution in [1.29, 1.82) is 0 Å². The monoisotopic (exact) mass is 230 g/mol. The van der Waals surface area contributed by atoms with Crippen molar-refractivity contribution in [2.45, 2.75) is 11.0 Å². The SMILES string of the molecule is O.O=S(=O)(O)CCC(S)S.[H-].[Na+]. The van der Waals surface area contributed by atoms with Crippen molar-refractivity contribution in [3.63, 3.8) is 0 Å². The van der Waals surface area contributed by atoms with E-state index in [0.29, 0.717) is 0 Å². The van der Waals surface area contributed by atoms with Crippen LogP contribution in [-0.2, 0) is 10.1 Å². The average molecular weight is 230 g/mol. The summed E-state index contributed by atoms with van der Waals surface area (Å²) in [4.78, 5) is 0. The van der Waals surface area contributed by atoms with E-state index in [9.17, 15) is 8.42 Å². The van der Waals surface area contributed by atoms with Gasteiger partial charge in [0.15, 0.2) is 0 Å². The van der Waals surface area contributed by atoms with E-state index >= 15 is 0 Å². The van der Waals surface area contributed by atoms with Gasteiger partial charge >= 0.3 is 29.6 Å². The van der Waals surface area contributed by atoms with Crippen LogP contribution in [0.15, 0.2) is 0 Å². The summed E-state index contributed by atoms with van der Waals surface area (Å²) in [5, 5.41) is 0. The summed E-state index contributed by atoms with van der Waals surface area (Å²) in [5.74, 6) is -0.273. The van der Waals surface area contributed by atoms with Gasteiger partial charge in [0, 0.05) is 4.58 Å². The molecule has 11 heavy (non-hydrogen) atoms. The van der Waals surface area contributed by atoms with Gasteiger partial charge in [-0.05, 0) is 6.42 Å². The Labute approximate surface area is 101 Å². The summed E-state index contributed by atoms with van der Waals surface area (Å²) in [7, 11) is -3.82. The molecule has 3 N–H and O–H groups in total. The van der Waals surface area contributed by atoms with Crippen LogP contribution in [0.2, 0.25) is 0 Å². The summed E-state index contributed by atoms with van der Waals surface area (Å²) in [6.45, 7) is 0. The van der Waals surface area contributed by atoms with Crippen LogP contribution in [0.1, 0.15) is 7.85 Å². The number of hydrogen-bond acceptors (Lipinski definition) is 4. The summed E-state index contributed by atoms with van der Waals surface area (Å²) in [5.41, 5.74) is 0. The van der Waals surface area contributed by atoms with Gasteiger partial charge in [0.05, 0.1) is 5.75 Å². The zero-order valence-corrected chi connectivity index (χ0v) is 10.7. The van der Waals surface area contributed by atoms with E-state index in [1.54, 1.807) is 0 Å². The smallest absolute Gasteiger partial charge is 1.00 e. The minimum Gasteiger partial charge on any atom is -1.00 e. The molecule has 8 heteroatoms. The van der Waals surface area contributed by atoms with Crippen LogP contribution in [0.25, 0.3) is 0 Å². The molecular formula is C3H11NaO4S3. The first-order chi connectivity index (χ1) is 3.92. The van der Waals surface area contributed by atoms with E-state index in [1.165, 1.54) is 0 Å². The maximum atomic E-state index is 10.0. The third-order valence-electron chi connectivity index (χ3n) is 0.634. The van der Waals surface area contributed by atoms with Crippen molar-refractivity contribution >= 4 is 35.4 Å². The van der Waals surface area contributed by atoms with Crippen molar-refractivity contribution in [3.05, 3.63) is 0 Å². The van der Waals surface area contributed by atoms with E-state index < -0.39 is 10.1 Å². The van der Waals surface area contributed by atoms with E-state index in [4.69, 9.17) is 4.55 Å². The Balaban J connectivity index is -0.000000107.